The fourth-order valence-corrected chi connectivity index (χ4v) is 0.428. The largest absolute Gasteiger partial charge is 1.00 e. The summed E-state index contributed by atoms with van der Waals surface area (Å²) in [5, 5.41) is 16.7. The van der Waals surface area contributed by atoms with Crippen molar-refractivity contribution in [3.05, 3.63) is 0 Å². The van der Waals surface area contributed by atoms with Crippen molar-refractivity contribution >= 4 is 11.9 Å². The molecule has 0 fully saturated rings. The molecule has 0 aliphatic heterocycles. The van der Waals surface area contributed by atoms with Gasteiger partial charge in [0, 0.05) is 0 Å². The Kier molecular flexibility index (Phi) is 6.24. The minimum atomic E-state index is -1.07. The average molecular weight is 154 g/mol. The quantitative estimate of drug-likeness (QED) is 0.442. The zero-order valence-corrected chi connectivity index (χ0v) is 6.87. The molecule has 4 nitrogen and oxygen atoms in total. The van der Waals surface area contributed by atoms with Gasteiger partial charge < -0.3 is 11.6 Å². The van der Waals surface area contributed by atoms with Crippen LogP contribution in [0.5, 0.6) is 0 Å². The van der Waals surface area contributed by atoms with Crippen LogP contribution in [0.25, 0.3) is 0 Å². The summed E-state index contributed by atoms with van der Waals surface area (Å²) in [4.78, 5) is 20.4. The van der Waals surface area contributed by atoms with E-state index < -0.39 is 23.8 Å². The molecule has 0 spiro atoms. The van der Waals surface area contributed by atoms with Crippen molar-refractivity contribution in [2.45, 2.75) is 13.8 Å². The van der Waals surface area contributed by atoms with Crippen LogP contribution in [0.15, 0.2) is 0 Å². The topological polar surface area (TPSA) is 74.6 Å². The number of carbonyl (C=O) groups is 2. The van der Waals surface area contributed by atoms with E-state index in [1.54, 1.807) is 0 Å². The van der Waals surface area contributed by atoms with Crippen LogP contribution in [0.3, 0.4) is 0 Å². The van der Waals surface area contributed by atoms with Gasteiger partial charge in [0.25, 0.3) is 0 Å². The fourth-order valence-electron chi connectivity index (χ4n) is 0.428. The van der Waals surface area contributed by atoms with Crippen LogP contribution in [0.2, 0.25) is 0 Å². The average Bonchev–Trinajstić information content (AvgIpc) is 1.84. The maximum Gasteiger partial charge on any atom is 1.00 e. The van der Waals surface area contributed by atoms with Crippen LogP contribution in [-0.4, -0.2) is 22.2 Å². The molecule has 2 atom stereocenters. The number of aliphatic carboxylic acids is 2. The molecule has 2 unspecified atom stereocenters. The van der Waals surface area contributed by atoms with Crippen LogP contribution in [0.4, 0.5) is 0 Å². The number of hydrogen-bond donors (Lipinski definition) is 2. The van der Waals surface area contributed by atoms with Gasteiger partial charge in [-0.1, -0.05) is 13.8 Å². The fraction of sp³-hybridized carbons (Fsp3) is 0.667. The second-order valence-electron chi connectivity index (χ2n) is 2.25. The zero-order chi connectivity index (χ0) is 8.31. The standard InChI is InChI=1S/C6H10O4.Li.H/c1-3(5(7)8)4(2)6(9)10;;/h3-4H,1-2H3,(H,7,8)(H,9,10);;/q;+1;-1. The number of hydrogen-bond acceptors (Lipinski definition) is 2. The summed E-state index contributed by atoms with van der Waals surface area (Å²) < 4.78 is 0. The van der Waals surface area contributed by atoms with Crippen molar-refractivity contribution in [2.24, 2.45) is 11.8 Å². The molecule has 0 amide bonds. The molecule has 0 heterocycles. The van der Waals surface area contributed by atoms with E-state index in [0.29, 0.717) is 0 Å². The van der Waals surface area contributed by atoms with Crippen molar-refractivity contribution < 1.29 is 40.1 Å². The molecule has 0 bridgehead atoms. The summed E-state index contributed by atoms with van der Waals surface area (Å²) in [6, 6.07) is 0. The smallest absolute Gasteiger partial charge is 1.00 e. The zero-order valence-electron chi connectivity index (χ0n) is 7.87. The minimum absolute atomic E-state index is 0. The second-order valence-corrected chi connectivity index (χ2v) is 2.25. The van der Waals surface area contributed by atoms with Crippen LogP contribution in [0, 0.1) is 11.8 Å². The van der Waals surface area contributed by atoms with E-state index in [0.717, 1.165) is 0 Å². The monoisotopic (exact) mass is 154 g/mol. The van der Waals surface area contributed by atoms with Crippen molar-refractivity contribution in [1.82, 2.24) is 0 Å². The molecule has 0 aromatic rings. The summed E-state index contributed by atoms with van der Waals surface area (Å²) in [5.74, 6) is -3.79. The SMILES string of the molecule is CC(C(=O)O)C(C)C(=O)O.[H-].[Li+]. The van der Waals surface area contributed by atoms with E-state index in [-0.39, 0.29) is 20.3 Å². The van der Waals surface area contributed by atoms with E-state index in [1.165, 1.54) is 13.8 Å². The summed E-state index contributed by atoms with van der Waals surface area (Å²) in [6.07, 6.45) is 0. The predicted molar refractivity (Wildman–Crippen MR) is 34.7 cm³/mol. The van der Waals surface area contributed by atoms with Crippen molar-refractivity contribution in [2.75, 3.05) is 0 Å². The molecule has 0 radical (unpaired) electrons. The molecule has 0 rings (SSSR count). The van der Waals surface area contributed by atoms with Gasteiger partial charge in [0.15, 0.2) is 0 Å². The first kappa shape index (κ1) is 13.2. The number of rotatable bonds is 3. The first-order valence-electron chi connectivity index (χ1n) is 2.92. The molecule has 2 N–H and O–H groups in total. The van der Waals surface area contributed by atoms with E-state index in [2.05, 4.69) is 0 Å². The van der Waals surface area contributed by atoms with Gasteiger partial charge in [0.2, 0.25) is 0 Å². The van der Waals surface area contributed by atoms with Gasteiger partial charge >= 0.3 is 30.8 Å². The van der Waals surface area contributed by atoms with Crippen LogP contribution < -0.4 is 18.9 Å². The Balaban J connectivity index is -0.000000405. The first-order chi connectivity index (χ1) is 4.46. The Morgan fingerprint density at radius 2 is 1.27 bits per heavy atom. The molecular formula is C6H11LiO4. The van der Waals surface area contributed by atoms with Crippen LogP contribution in [0.1, 0.15) is 15.3 Å². The third-order valence-electron chi connectivity index (χ3n) is 1.53. The Morgan fingerprint density at radius 1 is 1.09 bits per heavy atom. The predicted octanol–water partition coefficient (Wildman–Crippen LogP) is -2.46. The van der Waals surface area contributed by atoms with Gasteiger partial charge in [0.05, 0.1) is 11.8 Å². The second kappa shape index (κ2) is 5.22. The first-order valence-corrected chi connectivity index (χ1v) is 2.92. The number of carboxylic acid groups (broad SMARTS) is 2. The molecule has 0 aliphatic rings. The van der Waals surface area contributed by atoms with Gasteiger partial charge in [-0.05, 0) is 0 Å². The molecule has 0 aliphatic carbocycles. The molecule has 0 aromatic heterocycles. The molecule has 60 valence electrons. The van der Waals surface area contributed by atoms with E-state index >= 15 is 0 Å². The van der Waals surface area contributed by atoms with Crippen molar-refractivity contribution in [1.29, 1.82) is 0 Å². The van der Waals surface area contributed by atoms with Gasteiger partial charge in [-0.15, -0.1) is 0 Å². The minimum Gasteiger partial charge on any atom is -1.00 e. The summed E-state index contributed by atoms with van der Waals surface area (Å²) in [5.41, 5.74) is 0. The van der Waals surface area contributed by atoms with Gasteiger partial charge in [-0.3, -0.25) is 9.59 Å². The van der Waals surface area contributed by atoms with Crippen LogP contribution in [-0.2, 0) is 9.59 Å². The number of carboxylic acids is 2. The third kappa shape index (κ3) is 4.07. The molecule has 11 heavy (non-hydrogen) atoms. The van der Waals surface area contributed by atoms with Crippen LogP contribution >= 0.6 is 0 Å². The van der Waals surface area contributed by atoms with E-state index in [4.69, 9.17) is 10.2 Å². The third-order valence-corrected chi connectivity index (χ3v) is 1.53. The van der Waals surface area contributed by atoms with Gasteiger partial charge in [-0.2, -0.15) is 0 Å². The molecule has 0 aromatic carbocycles. The van der Waals surface area contributed by atoms with Gasteiger partial charge in [-0.25, -0.2) is 0 Å². The summed E-state index contributed by atoms with van der Waals surface area (Å²) >= 11 is 0. The van der Waals surface area contributed by atoms with Gasteiger partial charge in [0.1, 0.15) is 0 Å². The molecule has 5 heteroatoms. The Bertz CT molecular complexity index is 144. The van der Waals surface area contributed by atoms with Crippen molar-refractivity contribution in [3.8, 4) is 0 Å². The van der Waals surface area contributed by atoms with Crippen molar-refractivity contribution in [3.63, 3.8) is 0 Å². The Labute approximate surface area is 78.3 Å². The van der Waals surface area contributed by atoms with E-state index in [1.807, 2.05) is 0 Å². The maximum atomic E-state index is 10.2. The summed E-state index contributed by atoms with van der Waals surface area (Å²) in [6.45, 7) is 2.75. The maximum absolute atomic E-state index is 10.2. The Hall–Kier alpha value is -0.463. The molecule has 0 saturated heterocycles. The normalized spacial score (nSPS) is 14.4. The molecule has 0 saturated carbocycles. The van der Waals surface area contributed by atoms with E-state index in [9.17, 15) is 9.59 Å². The molecular weight excluding hydrogens is 143 g/mol. The Morgan fingerprint density at radius 3 is 1.36 bits per heavy atom. The summed E-state index contributed by atoms with van der Waals surface area (Å²) in [7, 11) is 0.